The van der Waals surface area contributed by atoms with Gasteiger partial charge in [-0.25, -0.2) is 0 Å². The third-order valence-corrected chi connectivity index (χ3v) is 6.24. The van der Waals surface area contributed by atoms with Crippen molar-refractivity contribution in [3.63, 3.8) is 0 Å². The molecule has 2 aromatic rings. The molecule has 0 fully saturated rings. The fourth-order valence-corrected chi connectivity index (χ4v) is 4.04. The van der Waals surface area contributed by atoms with Gasteiger partial charge in [0.2, 0.25) is 11.8 Å². The summed E-state index contributed by atoms with van der Waals surface area (Å²) in [4.78, 5) is 28.2. The van der Waals surface area contributed by atoms with Crippen LogP contribution in [0.3, 0.4) is 0 Å². The van der Waals surface area contributed by atoms with Gasteiger partial charge < -0.3 is 10.2 Å². The lowest BCUT2D eigenvalue weighted by molar-refractivity contribution is -0.139. The molecule has 0 saturated heterocycles. The smallest absolute Gasteiger partial charge is 0.242 e. The molecular weight excluding hydrogens is 451 g/mol. The first-order chi connectivity index (χ1) is 13.8. The second-order valence-electron chi connectivity index (χ2n) is 6.33. The molecule has 1 atom stereocenters. The summed E-state index contributed by atoms with van der Waals surface area (Å²) in [6.45, 7) is 4.52. The van der Waals surface area contributed by atoms with Crippen LogP contribution in [0.4, 0.5) is 0 Å². The normalized spacial score (nSPS) is 11.8. The molecule has 8 heteroatoms. The highest BCUT2D eigenvalue weighted by atomic mass is 35.5. The van der Waals surface area contributed by atoms with E-state index in [4.69, 9.17) is 34.8 Å². The van der Waals surface area contributed by atoms with Gasteiger partial charge in [-0.2, -0.15) is 0 Å². The first-order valence-corrected chi connectivity index (χ1v) is 11.4. The van der Waals surface area contributed by atoms with Gasteiger partial charge in [0.25, 0.3) is 0 Å². The molecule has 0 unspecified atom stereocenters. The Bertz CT molecular complexity index is 846. The van der Waals surface area contributed by atoms with E-state index >= 15 is 0 Å². The van der Waals surface area contributed by atoms with Crippen LogP contribution in [0, 0.1) is 0 Å². The van der Waals surface area contributed by atoms with E-state index in [1.54, 1.807) is 29.2 Å². The zero-order chi connectivity index (χ0) is 21.4. The minimum Gasteiger partial charge on any atom is -0.355 e. The molecule has 0 aliphatic heterocycles. The molecule has 0 aromatic heterocycles. The largest absolute Gasteiger partial charge is 0.355 e. The molecule has 156 valence electrons. The molecule has 0 heterocycles. The number of nitrogens with zero attached hydrogens (tertiary/aromatic N) is 1. The molecule has 2 amide bonds. The van der Waals surface area contributed by atoms with Crippen LogP contribution in [0.25, 0.3) is 0 Å². The maximum atomic E-state index is 13.1. The van der Waals surface area contributed by atoms with Crippen molar-refractivity contribution in [1.82, 2.24) is 10.2 Å². The van der Waals surface area contributed by atoms with Crippen molar-refractivity contribution < 1.29 is 9.59 Å². The monoisotopic (exact) mass is 472 g/mol. The first kappa shape index (κ1) is 23.9. The fourth-order valence-electron chi connectivity index (χ4n) is 2.81. The van der Waals surface area contributed by atoms with Crippen molar-refractivity contribution in [2.75, 3.05) is 12.3 Å². The van der Waals surface area contributed by atoms with Crippen LogP contribution in [-0.4, -0.2) is 35.1 Å². The average molecular weight is 474 g/mol. The Hall–Kier alpha value is -1.40. The summed E-state index contributed by atoms with van der Waals surface area (Å²) < 4.78 is 0. The maximum absolute atomic E-state index is 13.1. The topological polar surface area (TPSA) is 49.4 Å². The second-order valence-corrected chi connectivity index (χ2v) is 8.63. The summed E-state index contributed by atoms with van der Waals surface area (Å²) in [5.41, 5.74) is 0.812. The SMILES string of the molecule is CCNC(=O)[C@H](CC)N(Cc1ccc(Cl)c(Cl)c1)C(=O)CSc1ccc(Cl)cc1. The molecule has 0 spiro atoms. The molecule has 0 bridgehead atoms. The molecule has 1 N–H and O–H groups in total. The number of amides is 2. The van der Waals surface area contributed by atoms with Crippen LogP contribution in [0.5, 0.6) is 0 Å². The van der Waals surface area contributed by atoms with E-state index in [1.165, 1.54) is 11.8 Å². The van der Waals surface area contributed by atoms with Crippen molar-refractivity contribution >= 4 is 58.4 Å². The van der Waals surface area contributed by atoms with Crippen molar-refractivity contribution in [1.29, 1.82) is 0 Å². The number of likely N-dealkylation sites (N-methyl/N-ethyl adjacent to an activating group) is 1. The number of carbonyl (C=O) groups is 2. The predicted molar refractivity (Wildman–Crippen MR) is 122 cm³/mol. The number of nitrogens with one attached hydrogen (secondary N) is 1. The zero-order valence-corrected chi connectivity index (χ0v) is 19.3. The van der Waals surface area contributed by atoms with Gasteiger partial charge in [-0.3, -0.25) is 9.59 Å². The molecule has 29 heavy (non-hydrogen) atoms. The van der Waals surface area contributed by atoms with Gasteiger partial charge in [0.15, 0.2) is 0 Å². The van der Waals surface area contributed by atoms with E-state index in [9.17, 15) is 9.59 Å². The number of halogens is 3. The summed E-state index contributed by atoms with van der Waals surface area (Å²) in [5, 5.41) is 4.32. The van der Waals surface area contributed by atoms with Crippen LogP contribution in [0.1, 0.15) is 25.8 Å². The molecule has 0 aliphatic rings. The Balaban J connectivity index is 2.21. The lowest BCUT2D eigenvalue weighted by atomic mass is 10.1. The van der Waals surface area contributed by atoms with Crippen LogP contribution in [0.2, 0.25) is 15.1 Å². The van der Waals surface area contributed by atoms with Crippen molar-refractivity contribution in [2.24, 2.45) is 0 Å². The van der Waals surface area contributed by atoms with Gasteiger partial charge >= 0.3 is 0 Å². The highest BCUT2D eigenvalue weighted by Crippen LogP contribution is 2.25. The van der Waals surface area contributed by atoms with Gasteiger partial charge in [0, 0.05) is 23.0 Å². The number of thioether (sulfide) groups is 1. The van der Waals surface area contributed by atoms with Crippen LogP contribution >= 0.6 is 46.6 Å². The Kier molecular flexibility index (Phi) is 9.63. The second kappa shape index (κ2) is 11.7. The molecule has 0 saturated carbocycles. The van der Waals surface area contributed by atoms with Crippen LogP contribution in [0.15, 0.2) is 47.4 Å². The van der Waals surface area contributed by atoms with Gasteiger partial charge in [0.1, 0.15) is 6.04 Å². The number of rotatable bonds is 9. The van der Waals surface area contributed by atoms with E-state index in [0.29, 0.717) is 28.0 Å². The summed E-state index contributed by atoms with van der Waals surface area (Å²) in [5.74, 6) is -0.0900. The number of carbonyl (C=O) groups excluding carboxylic acids is 2. The van der Waals surface area contributed by atoms with Gasteiger partial charge in [-0.15, -0.1) is 11.8 Å². The fraction of sp³-hybridized carbons (Fsp3) is 0.333. The number of hydrogen-bond acceptors (Lipinski definition) is 3. The minimum atomic E-state index is -0.567. The lowest BCUT2D eigenvalue weighted by Gasteiger charge is -2.30. The van der Waals surface area contributed by atoms with E-state index in [0.717, 1.165) is 10.5 Å². The van der Waals surface area contributed by atoms with E-state index in [-0.39, 0.29) is 24.1 Å². The molecule has 0 aliphatic carbocycles. The van der Waals surface area contributed by atoms with Crippen molar-refractivity contribution in [3.8, 4) is 0 Å². The summed E-state index contributed by atoms with van der Waals surface area (Å²) >= 11 is 19.4. The summed E-state index contributed by atoms with van der Waals surface area (Å²) in [7, 11) is 0. The molecule has 4 nitrogen and oxygen atoms in total. The highest BCUT2D eigenvalue weighted by molar-refractivity contribution is 8.00. The quantitative estimate of drug-likeness (QED) is 0.476. The van der Waals surface area contributed by atoms with E-state index in [2.05, 4.69) is 5.32 Å². The number of benzene rings is 2. The van der Waals surface area contributed by atoms with Crippen molar-refractivity contribution in [2.45, 2.75) is 37.8 Å². The zero-order valence-electron chi connectivity index (χ0n) is 16.3. The Morgan fingerprint density at radius 3 is 2.31 bits per heavy atom. The van der Waals surface area contributed by atoms with Gasteiger partial charge in [-0.1, -0.05) is 47.8 Å². The van der Waals surface area contributed by atoms with Crippen LogP contribution in [-0.2, 0) is 16.1 Å². The average Bonchev–Trinajstić information content (AvgIpc) is 2.70. The third-order valence-electron chi connectivity index (χ3n) is 4.25. The minimum absolute atomic E-state index is 0.130. The Labute approximate surface area is 190 Å². The third kappa shape index (κ3) is 7.10. The van der Waals surface area contributed by atoms with E-state index < -0.39 is 6.04 Å². The highest BCUT2D eigenvalue weighted by Gasteiger charge is 2.28. The predicted octanol–water partition coefficient (Wildman–Crippen LogP) is 5.68. The standard InChI is InChI=1S/C21H23Cl3N2O2S/c1-3-19(21(28)25-4-2)26(12-14-5-10-17(23)18(24)11-14)20(27)13-29-16-8-6-15(22)7-9-16/h5-11,19H,3-4,12-13H2,1-2H3,(H,25,28)/t19-/m0/s1. The van der Waals surface area contributed by atoms with Gasteiger partial charge in [-0.05, 0) is 55.3 Å². The molecule has 2 aromatic carbocycles. The molecular formula is C21H23Cl3N2O2S. The lowest BCUT2D eigenvalue weighted by Crippen LogP contribution is -2.49. The first-order valence-electron chi connectivity index (χ1n) is 9.25. The molecule has 2 rings (SSSR count). The van der Waals surface area contributed by atoms with Gasteiger partial charge in [0.05, 0.1) is 15.8 Å². The summed E-state index contributed by atoms with van der Waals surface area (Å²) in [6.07, 6.45) is 0.504. The maximum Gasteiger partial charge on any atom is 0.242 e. The van der Waals surface area contributed by atoms with Crippen molar-refractivity contribution in [3.05, 3.63) is 63.1 Å². The molecule has 0 radical (unpaired) electrons. The summed E-state index contributed by atoms with van der Waals surface area (Å²) in [6, 6.07) is 12.0. The Morgan fingerprint density at radius 1 is 1.03 bits per heavy atom. The number of hydrogen-bond donors (Lipinski definition) is 1. The van der Waals surface area contributed by atoms with E-state index in [1.807, 2.05) is 32.0 Å². The van der Waals surface area contributed by atoms with Crippen LogP contribution < -0.4 is 5.32 Å². The Morgan fingerprint density at radius 2 is 1.72 bits per heavy atom.